The van der Waals surface area contributed by atoms with Gasteiger partial charge in [-0.05, 0) is 68.1 Å². The van der Waals surface area contributed by atoms with Gasteiger partial charge in [-0.15, -0.1) is 0 Å². The molecule has 4 fully saturated rings. The molecule has 3 unspecified atom stereocenters. The molecule has 156 valence electrons. The molecule has 1 N–H and O–H groups in total. The van der Waals surface area contributed by atoms with Crippen molar-refractivity contribution in [3.05, 3.63) is 0 Å². The summed E-state index contributed by atoms with van der Waals surface area (Å²) in [4.78, 5) is 13.7. The Balaban J connectivity index is 1.85. The van der Waals surface area contributed by atoms with Crippen LogP contribution in [0.2, 0.25) is 0 Å². The van der Waals surface area contributed by atoms with Crippen molar-refractivity contribution in [1.29, 1.82) is 0 Å². The van der Waals surface area contributed by atoms with Crippen molar-refractivity contribution in [1.82, 2.24) is 0 Å². The summed E-state index contributed by atoms with van der Waals surface area (Å²) in [5.74, 6) is 1.02. The Hall–Kier alpha value is -0.570. The van der Waals surface area contributed by atoms with Crippen molar-refractivity contribution in [3.8, 4) is 0 Å². The molecule has 0 radical (unpaired) electrons. The van der Waals surface area contributed by atoms with E-state index in [1.807, 2.05) is 0 Å². The van der Waals surface area contributed by atoms with Gasteiger partial charge in [0.15, 0.2) is 0 Å². The van der Waals surface area contributed by atoms with Gasteiger partial charge in [-0.25, -0.2) is 0 Å². The molecular formula is C24H42O3. The first-order valence-electron chi connectivity index (χ1n) is 11.2. The highest BCUT2D eigenvalue weighted by Gasteiger charge is 2.60. The fourth-order valence-corrected chi connectivity index (χ4v) is 6.56. The lowest BCUT2D eigenvalue weighted by atomic mass is 9.52. The third kappa shape index (κ3) is 3.70. The average molecular weight is 379 g/mol. The summed E-state index contributed by atoms with van der Waals surface area (Å²) in [5, 5.41) is 11.0. The van der Waals surface area contributed by atoms with Gasteiger partial charge >= 0.3 is 5.97 Å². The van der Waals surface area contributed by atoms with E-state index >= 15 is 0 Å². The Morgan fingerprint density at radius 2 is 1.52 bits per heavy atom. The van der Waals surface area contributed by atoms with Gasteiger partial charge in [0.1, 0.15) is 5.60 Å². The van der Waals surface area contributed by atoms with E-state index in [0.717, 1.165) is 44.9 Å². The molecule has 3 heteroatoms. The summed E-state index contributed by atoms with van der Waals surface area (Å²) in [6.45, 7) is 15.4. The summed E-state index contributed by atoms with van der Waals surface area (Å²) in [6.07, 6.45) is 8.57. The zero-order chi connectivity index (χ0) is 20.3. The molecule has 0 spiro atoms. The first kappa shape index (κ1) is 21.1. The van der Waals surface area contributed by atoms with Crippen LogP contribution < -0.4 is 0 Å². The summed E-state index contributed by atoms with van der Waals surface area (Å²) in [6, 6.07) is 0. The van der Waals surface area contributed by atoms with E-state index in [0.29, 0.717) is 18.3 Å². The molecule has 0 aromatic rings. The molecule has 0 aromatic carbocycles. The minimum atomic E-state index is -0.593. The van der Waals surface area contributed by atoms with Crippen LogP contribution in [-0.4, -0.2) is 22.3 Å². The molecule has 3 atom stereocenters. The van der Waals surface area contributed by atoms with Crippen LogP contribution in [-0.2, 0) is 9.53 Å². The van der Waals surface area contributed by atoms with Gasteiger partial charge in [0.25, 0.3) is 0 Å². The number of esters is 1. The van der Waals surface area contributed by atoms with Crippen molar-refractivity contribution in [3.63, 3.8) is 0 Å². The molecule has 0 aliphatic heterocycles. The highest BCUT2D eigenvalue weighted by molar-refractivity contribution is 5.78. The van der Waals surface area contributed by atoms with Crippen LogP contribution in [0.25, 0.3) is 0 Å². The Bertz CT molecular complexity index is 569. The van der Waals surface area contributed by atoms with Crippen LogP contribution in [0.1, 0.15) is 106 Å². The van der Waals surface area contributed by atoms with E-state index in [2.05, 4.69) is 48.5 Å². The predicted octanol–water partition coefficient (Wildman–Crippen LogP) is 5.88. The molecule has 4 rings (SSSR count). The van der Waals surface area contributed by atoms with E-state index in [9.17, 15) is 9.90 Å². The predicted molar refractivity (Wildman–Crippen MR) is 109 cm³/mol. The first-order valence-corrected chi connectivity index (χ1v) is 11.2. The number of carbonyl (C=O) groups is 1. The Morgan fingerprint density at radius 3 is 1.93 bits per heavy atom. The Labute approximate surface area is 166 Å². The third-order valence-electron chi connectivity index (χ3n) is 8.88. The van der Waals surface area contributed by atoms with Gasteiger partial charge in [-0.3, -0.25) is 4.79 Å². The molecule has 4 saturated carbocycles. The quantitative estimate of drug-likeness (QED) is 0.587. The smallest absolute Gasteiger partial charge is 0.312 e. The van der Waals surface area contributed by atoms with Crippen molar-refractivity contribution >= 4 is 5.97 Å². The molecule has 4 bridgehead atoms. The van der Waals surface area contributed by atoms with Crippen molar-refractivity contribution in [2.24, 2.45) is 28.1 Å². The van der Waals surface area contributed by atoms with Crippen molar-refractivity contribution < 1.29 is 14.6 Å². The molecule has 3 nitrogen and oxygen atoms in total. The standard InChI is InChI=1S/C24H42O3/c1-8-21(6,9-2)15-22(7,20(3,4)5)19(25)27-24-13-17-10-18(14-24)12-23(26,11-17)16-24/h17-18,26H,8-16H2,1-7H3. The Morgan fingerprint density at radius 1 is 1.00 bits per heavy atom. The topological polar surface area (TPSA) is 46.5 Å². The van der Waals surface area contributed by atoms with E-state index in [1.165, 1.54) is 6.42 Å². The number of aliphatic hydroxyl groups is 1. The number of hydrogen-bond donors (Lipinski definition) is 1. The van der Waals surface area contributed by atoms with E-state index in [-0.39, 0.29) is 16.8 Å². The first-order chi connectivity index (χ1) is 12.3. The highest BCUT2D eigenvalue weighted by Crippen LogP contribution is 2.60. The van der Waals surface area contributed by atoms with Crippen LogP contribution in [0, 0.1) is 28.1 Å². The lowest BCUT2D eigenvalue weighted by molar-refractivity contribution is -0.230. The van der Waals surface area contributed by atoms with Crippen molar-refractivity contribution in [2.45, 2.75) is 117 Å². The largest absolute Gasteiger partial charge is 0.459 e. The SMILES string of the molecule is CCC(C)(CC)CC(C)(C(=O)OC12CC3CC(CC(O)(C3)C1)C2)C(C)(C)C. The maximum atomic E-state index is 13.7. The highest BCUT2D eigenvalue weighted by atomic mass is 16.6. The molecule has 4 aliphatic rings. The normalized spacial score (nSPS) is 37.9. The van der Waals surface area contributed by atoms with Gasteiger partial charge in [-0.2, -0.15) is 0 Å². The van der Waals surface area contributed by atoms with Crippen LogP contribution in [0.15, 0.2) is 0 Å². The second kappa shape index (κ2) is 6.47. The van der Waals surface area contributed by atoms with Crippen LogP contribution >= 0.6 is 0 Å². The fourth-order valence-electron chi connectivity index (χ4n) is 6.56. The number of ether oxygens (including phenoxy) is 1. The summed E-state index contributed by atoms with van der Waals surface area (Å²) < 4.78 is 6.44. The van der Waals surface area contributed by atoms with E-state index in [1.54, 1.807) is 0 Å². The summed E-state index contributed by atoms with van der Waals surface area (Å²) in [7, 11) is 0. The van der Waals surface area contributed by atoms with E-state index < -0.39 is 16.6 Å². The molecule has 0 heterocycles. The molecular weight excluding hydrogens is 336 g/mol. The van der Waals surface area contributed by atoms with Gasteiger partial charge in [0.05, 0.1) is 11.0 Å². The molecule has 4 aliphatic carbocycles. The van der Waals surface area contributed by atoms with Crippen LogP contribution in [0.4, 0.5) is 0 Å². The number of carbonyl (C=O) groups excluding carboxylic acids is 1. The fraction of sp³-hybridized carbons (Fsp3) is 0.958. The minimum absolute atomic E-state index is 0.0336. The lowest BCUT2D eigenvalue weighted by Crippen LogP contribution is -2.61. The maximum absolute atomic E-state index is 13.7. The van der Waals surface area contributed by atoms with Crippen molar-refractivity contribution in [2.75, 3.05) is 0 Å². The zero-order valence-electron chi connectivity index (χ0n) is 18.8. The van der Waals surface area contributed by atoms with Gasteiger partial charge < -0.3 is 9.84 Å². The monoisotopic (exact) mass is 378 g/mol. The second-order valence-electron chi connectivity index (χ2n) is 12.0. The maximum Gasteiger partial charge on any atom is 0.312 e. The Kier molecular flexibility index (Phi) is 5.07. The molecule has 0 amide bonds. The van der Waals surface area contributed by atoms with Crippen LogP contribution in [0.3, 0.4) is 0 Å². The molecule has 0 saturated heterocycles. The van der Waals surface area contributed by atoms with Crippen LogP contribution in [0.5, 0.6) is 0 Å². The second-order valence-corrected chi connectivity index (χ2v) is 12.0. The average Bonchev–Trinajstić information content (AvgIpc) is 2.50. The third-order valence-corrected chi connectivity index (χ3v) is 8.88. The summed E-state index contributed by atoms with van der Waals surface area (Å²) >= 11 is 0. The molecule has 0 aromatic heterocycles. The summed E-state index contributed by atoms with van der Waals surface area (Å²) in [5.41, 5.74) is -1.57. The van der Waals surface area contributed by atoms with E-state index in [4.69, 9.17) is 4.74 Å². The molecule has 27 heavy (non-hydrogen) atoms. The number of hydrogen-bond acceptors (Lipinski definition) is 3. The minimum Gasteiger partial charge on any atom is -0.459 e. The number of rotatable bonds is 6. The van der Waals surface area contributed by atoms with Gasteiger partial charge in [0.2, 0.25) is 0 Å². The zero-order valence-corrected chi connectivity index (χ0v) is 18.8. The van der Waals surface area contributed by atoms with Gasteiger partial charge in [-0.1, -0.05) is 54.4 Å². The lowest BCUT2D eigenvalue weighted by Gasteiger charge is -2.60. The van der Waals surface area contributed by atoms with Gasteiger partial charge in [0, 0.05) is 6.42 Å².